The number of ether oxygens (including phenoxy) is 1. The Morgan fingerprint density at radius 3 is 2.65 bits per heavy atom. The van der Waals surface area contributed by atoms with Crippen molar-refractivity contribution in [2.24, 2.45) is 0 Å². The number of benzene rings is 2. The van der Waals surface area contributed by atoms with E-state index >= 15 is 0 Å². The third kappa shape index (κ3) is 3.73. The first-order valence-electron chi connectivity index (χ1n) is 7.11. The summed E-state index contributed by atoms with van der Waals surface area (Å²) in [5.41, 5.74) is 1.23. The van der Waals surface area contributed by atoms with E-state index in [4.69, 9.17) is 40.2 Å². The van der Waals surface area contributed by atoms with Gasteiger partial charge in [0.15, 0.2) is 15.8 Å². The molecule has 1 fully saturated rings. The number of phenolic OH excluding ortho intramolecular Hbond substituents is 1. The monoisotopic (exact) mass is 489 g/mol. The van der Waals surface area contributed by atoms with E-state index in [1.165, 1.54) is 23.8 Å². The number of thiocarbonyl (C=S) groups is 1. The van der Waals surface area contributed by atoms with Crippen LogP contribution >= 0.6 is 63.1 Å². The van der Waals surface area contributed by atoms with Gasteiger partial charge in [-0.3, -0.25) is 9.69 Å². The summed E-state index contributed by atoms with van der Waals surface area (Å²) in [6.45, 7) is 0. The molecule has 1 saturated heterocycles. The number of anilines is 1. The second kappa shape index (κ2) is 7.78. The van der Waals surface area contributed by atoms with Crippen LogP contribution < -0.4 is 9.64 Å². The molecule has 26 heavy (non-hydrogen) atoms. The molecule has 0 bridgehead atoms. The molecule has 0 spiro atoms. The number of carbonyl (C=O) groups is 1. The predicted octanol–water partition coefficient (Wildman–Crippen LogP) is 5.88. The van der Waals surface area contributed by atoms with Gasteiger partial charge in [-0.2, -0.15) is 0 Å². The molecular formula is C17H10BrCl2NO3S2. The van der Waals surface area contributed by atoms with E-state index in [0.29, 0.717) is 40.7 Å². The Kier molecular flexibility index (Phi) is 5.84. The van der Waals surface area contributed by atoms with Crippen LogP contribution in [0, 0.1) is 0 Å². The minimum atomic E-state index is -0.262. The maximum Gasteiger partial charge on any atom is 0.270 e. The topological polar surface area (TPSA) is 49.8 Å². The van der Waals surface area contributed by atoms with Gasteiger partial charge in [0.05, 0.1) is 32.2 Å². The molecule has 0 saturated carbocycles. The number of aromatic hydroxyl groups is 1. The van der Waals surface area contributed by atoms with Gasteiger partial charge in [0.1, 0.15) is 0 Å². The molecule has 0 unspecified atom stereocenters. The lowest BCUT2D eigenvalue weighted by Crippen LogP contribution is -2.27. The zero-order valence-electron chi connectivity index (χ0n) is 13.1. The lowest BCUT2D eigenvalue weighted by atomic mass is 10.2. The summed E-state index contributed by atoms with van der Waals surface area (Å²) in [5.74, 6) is 0.0279. The number of halogens is 3. The van der Waals surface area contributed by atoms with Crippen LogP contribution in [0.3, 0.4) is 0 Å². The second-order valence-corrected chi connectivity index (χ2v) is 8.51. The summed E-state index contributed by atoms with van der Waals surface area (Å²) >= 11 is 21.8. The highest BCUT2D eigenvalue weighted by Crippen LogP contribution is 2.40. The van der Waals surface area contributed by atoms with Crippen molar-refractivity contribution in [2.45, 2.75) is 0 Å². The molecule has 2 aromatic rings. The Bertz CT molecular complexity index is 965. The molecule has 134 valence electrons. The minimum Gasteiger partial charge on any atom is -0.503 e. The molecule has 0 aliphatic carbocycles. The molecule has 1 aliphatic heterocycles. The Morgan fingerprint density at radius 2 is 2.00 bits per heavy atom. The first kappa shape index (κ1) is 19.5. The van der Waals surface area contributed by atoms with Crippen LogP contribution in [0.4, 0.5) is 5.69 Å². The number of nitrogens with zero attached hydrogens (tertiary/aromatic N) is 1. The van der Waals surface area contributed by atoms with Crippen LogP contribution in [0.25, 0.3) is 6.08 Å². The van der Waals surface area contributed by atoms with Gasteiger partial charge in [-0.25, -0.2) is 0 Å². The molecule has 1 N–H and O–H groups in total. The maximum absolute atomic E-state index is 12.8. The van der Waals surface area contributed by atoms with E-state index in [0.717, 1.165) is 0 Å². The third-order valence-corrected chi connectivity index (χ3v) is 6.17. The number of methoxy groups -OCH3 is 1. The molecule has 0 atom stereocenters. The maximum atomic E-state index is 12.8. The molecule has 1 aliphatic rings. The van der Waals surface area contributed by atoms with Crippen LogP contribution in [0.5, 0.6) is 11.5 Å². The fourth-order valence-electron chi connectivity index (χ4n) is 2.30. The first-order valence-corrected chi connectivity index (χ1v) is 9.88. The van der Waals surface area contributed by atoms with Crippen molar-refractivity contribution in [1.82, 2.24) is 0 Å². The number of thioether (sulfide) groups is 1. The fraction of sp³-hybridized carbons (Fsp3) is 0.0588. The number of hydrogen-bond donors (Lipinski definition) is 1. The van der Waals surface area contributed by atoms with E-state index in [9.17, 15) is 9.90 Å². The van der Waals surface area contributed by atoms with E-state index in [-0.39, 0.29) is 11.7 Å². The van der Waals surface area contributed by atoms with Gasteiger partial charge in [-0.1, -0.05) is 47.2 Å². The number of amides is 1. The van der Waals surface area contributed by atoms with E-state index < -0.39 is 0 Å². The quantitative estimate of drug-likeness (QED) is 0.430. The number of rotatable bonds is 3. The molecule has 0 aromatic heterocycles. The van der Waals surface area contributed by atoms with Crippen LogP contribution in [0.15, 0.2) is 39.7 Å². The standard InChI is InChI=1S/C17H10BrCl2NO3S2/c1-24-13-5-8(4-10(18)15(13)22)6-14-16(23)21(17(25)26-14)9-2-3-11(19)12(20)7-9/h2-7,22H,1H3/b14-6-. The lowest BCUT2D eigenvalue weighted by Gasteiger charge is -2.15. The molecular weight excluding hydrogens is 481 g/mol. The fourth-order valence-corrected chi connectivity index (χ4v) is 4.35. The summed E-state index contributed by atoms with van der Waals surface area (Å²) in [6, 6.07) is 8.21. The Labute approximate surface area is 177 Å². The molecule has 3 rings (SSSR count). The molecule has 1 heterocycles. The van der Waals surface area contributed by atoms with Crippen molar-refractivity contribution in [2.75, 3.05) is 12.0 Å². The number of hydrogen-bond acceptors (Lipinski definition) is 5. The highest BCUT2D eigenvalue weighted by Gasteiger charge is 2.33. The van der Waals surface area contributed by atoms with Gasteiger partial charge in [-0.05, 0) is 57.9 Å². The summed E-state index contributed by atoms with van der Waals surface area (Å²) < 4.78 is 5.98. The van der Waals surface area contributed by atoms with Crippen molar-refractivity contribution >= 4 is 85.1 Å². The van der Waals surface area contributed by atoms with Crippen LogP contribution in [-0.4, -0.2) is 22.4 Å². The Balaban J connectivity index is 1.97. The van der Waals surface area contributed by atoms with Gasteiger partial charge in [0.25, 0.3) is 5.91 Å². The summed E-state index contributed by atoms with van der Waals surface area (Å²) in [7, 11) is 1.45. The van der Waals surface area contributed by atoms with Crippen molar-refractivity contribution in [3.05, 3.63) is 55.3 Å². The zero-order valence-corrected chi connectivity index (χ0v) is 17.9. The lowest BCUT2D eigenvalue weighted by molar-refractivity contribution is -0.113. The van der Waals surface area contributed by atoms with Crippen LogP contribution in [0.1, 0.15) is 5.56 Å². The zero-order chi connectivity index (χ0) is 19.0. The third-order valence-electron chi connectivity index (χ3n) is 3.52. The van der Waals surface area contributed by atoms with E-state index in [1.807, 2.05) is 0 Å². The predicted molar refractivity (Wildman–Crippen MR) is 114 cm³/mol. The van der Waals surface area contributed by atoms with Gasteiger partial charge in [0, 0.05) is 0 Å². The number of phenols is 1. The van der Waals surface area contributed by atoms with Gasteiger partial charge >= 0.3 is 0 Å². The number of carbonyl (C=O) groups excluding carboxylic acids is 1. The SMILES string of the molecule is COc1cc(/C=C2\SC(=S)N(c3ccc(Cl)c(Cl)c3)C2=O)cc(Br)c1O. The second-order valence-electron chi connectivity index (χ2n) is 5.17. The largest absolute Gasteiger partial charge is 0.503 e. The van der Waals surface area contributed by atoms with Crippen molar-refractivity contribution in [1.29, 1.82) is 0 Å². The van der Waals surface area contributed by atoms with Gasteiger partial charge < -0.3 is 9.84 Å². The van der Waals surface area contributed by atoms with Gasteiger partial charge in [-0.15, -0.1) is 0 Å². The first-order chi connectivity index (χ1) is 12.3. The van der Waals surface area contributed by atoms with E-state index in [1.54, 1.807) is 36.4 Å². The Hall–Kier alpha value is -1.25. The molecule has 0 radical (unpaired) electrons. The van der Waals surface area contributed by atoms with Crippen molar-refractivity contribution < 1.29 is 14.6 Å². The van der Waals surface area contributed by atoms with Crippen molar-refractivity contribution in [3.63, 3.8) is 0 Å². The Morgan fingerprint density at radius 1 is 1.27 bits per heavy atom. The average molecular weight is 491 g/mol. The van der Waals surface area contributed by atoms with Crippen molar-refractivity contribution in [3.8, 4) is 11.5 Å². The smallest absolute Gasteiger partial charge is 0.270 e. The summed E-state index contributed by atoms with van der Waals surface area (Å²) in [4.78, 5) is 14.7. The highest BCUT2D eigenvalue weighted by molar-refractivity contribution is 9.10. The molecule has 2 aromatic carbocycles. The van der Waals surface area contributed by atoms with Crippen LogP contribution in [0.2, 0.25) is 10.0 Å². The average Bonchev–Trinajstić information content (AvgIpc) is 2.87. The molecule has 1 amide bonds. The summed E-state index contributed by atoms with van der Waals surface area (Å²) in [5, 5.41) is 10.6. The van der Waals surface area contributed by atoms with E-state index in [2.05, 4.69) is 15.9 Å². The normalized spacial score (nSPS) is 15.8. The molecule has 4 nitrogen and oxygen atoms in total. The van der Waals surface area contributed by atoms with Crippen LogP contribution in [-0.2, 0) is 4.79 Å². The van der Waals surface area contributed by atoms with Gasteiger partial charge in [0.2, 0.25) is 0 Å². The highest BCUT2D eigenvalue weighted by atomic mass is 79.9. The minimum absolute atomic E-state index is 0.00648. The summed E-state index contributed by atoms with van der Waals surface area (Å²) in [6.07, 6.45) is 1.68. The molecule has 9 heteroatoms.